The number of fused-ring (bicyclic) bond motifs is 1. The predicted octanol–water partition coefficient (Wildman–Crippen LogP) is 3.07. The van der Waals surface area contributed by atoms with E-state index in [4.69, 9.17) is 4.74 Å². The van der Waals surface area contributed by atoms with Crippen LogP contribution in [0.25, 0.3) is 10.9 Å². The number of non-ortho nitro benzene ring substituents is 1. The molecule has 8 nitrogen and oxygen atoms in total. The maximum atomic E-state index is 11.8. The summed E-state index contributed by atoms with van der Waals surface area (Å²) in [5.41, 5.74) is 2.15. The van der Waals surface area contributed by atoms with Gasteiger partial charge in [0.25, 0.3) is 11.6 Å². The van der Waals surface area contributed by atoms with Gasteiger partial charge in [-0.15, -0.1) is 11.8 Å². The lowest BCUT2D eigenvalue weighted by Gasteiger charge is -2.06. The van der Waals surface area contributed by atoms with E-state index in [0.717, 1.165) is 16.5 Å². The molecule has 29 heavy (non-hydrogen) atoms. The summed E-state index contributed by atoms with van der Waals surface area (Å²) < 4.78 is 4.96. The van der Waals surface area contributed by atoms with Crippen molar-refractivity contribution in [2.24, 2.45) is 0 Å². The third-order valence-electron chi connectivity index (χ3n) is 4.16. The topological polar surface area (TPSA) is 114 Å². The van der Waals surface area contributed by atoms with E-state index in [-0.39, 0.29) is 24.0 Å². The van der Waals surface area contributed by atoms with Gasteiger partial charge in [-0.1, -0.05) is 18.2 Å². The Morgan fingerprint density at radius 1 is 1.14 bits per heavy atom. The third kappa shape index (κ3) is 5.82. The molecule has 1 aromatic heterocycles. The van der Waals surface area contributed by atoms with Gasteiger partial charge in [0, 0.05) is 40.7 Å². The standard InChI is InChI=1S/C20H19N3O5S/c24-19(21-10-9-14-11-22-18-4-2-1-3-17(14)18)12-28-20(25)13-29-16-7-5-15(6-8-16)23(26)27/h1-8,11,22H,9-10,12-13H2,(H,21,24). The number of nitrogens with one attached hydrogen (secondary N) is 2. The molecule has 0 fully saturated rings. The molecular formula is C20H19N3O5S. The molecule has 2 N–H and O–H groups in total. The van der Waals surface area contributed by atoms with Crippen molar-refractivity contribution in [3.63, 3.8) is 0 Å². The molecule has 0 spiro atoms. The second-order valence-electron chi connectivity index (χ2n) is 6.16. The lowest BCUT2D eigenvalue weighted by molar-refractivity contribution is -0.384. The molecule has 0 radical (unpaired) electrons. The summed E-state index contributed by atoms with van der Waals surface area (Å²) in [6.45, 7) is 0.101. The van der Waals surface area contributed by atoms with Crippen LogP contribution < -0.4 is 5.32 Å². The first kappa shape index (κ1) is 20.4. The minimum Gasteiger partial charge on any atom is -0.455 e. The molecule has 3 rings (SSSR count). The largest absolute Gasteiger partial charge is 0.455 e. The number of ether oxygens (including phenoxy) is 1. The number of carbonyl (C=O) groups excluding carboxylic acids is 2. The molecule has 0 aliphatic rings. The summed E-state index contributed by atoms with van der Waals surface area (Å²) in [7, 11) is 0. The molecule has 3 aromatic rings. The minimum absolute atomic E-state index is 0.0127. The van der Waals surface area contributed by atoms with Crippen molar-refractivity contribution >= 4 is 40.2 Å². The van der Waals surface area contributed by atoms with Crippen LogP contribution in [0.3, 0.4) is 0 Å². The van der Waals surface area contributed by atoms with E-state index in [1.54, 1.807) is 12.1 Å². The maximum absolute atomic E-state index is 11.8. The molecular weight excluding hydrogens is 394 g/mol. The average molecular weight is 413 g/mol. The zero-order valence-electron chi connectivity index (χ0n) is 15.4. The number of rotatable bonds is 9. The van der Waals surface area contributed by atoms with Crippen LogP contribution >= 0.6 is 11.8 Å². The zero-order chi connectivity index (χ0) is 20.6. The average Bonchev–Trinajstić information content (AvgIpc) is 3.14. The summed E-state index contributed by atoms with van der Waals surface area (Å²) in [5, 5.41) is 14.5. The van der Waals surface area contributed by atoms with Crippen molar-refractivity contribution in [2.75, 3.05) is 18.9 Å². The predicted molar refractivity (Wildman–Crippen MR) is 110 cm³/mol. The van der Waals surface area contributed by atoms with Crippen LogP contribution in [0, 0.1) is 10.1 Å². The normalized spacial score (nSPS) is 10.6. The van der Waals surface area contributed by atoms with Crippen molar-refractivity contribution in [1.29, 1.82) is 0 Å². The molecule has 0 atom stereocenters. The van der Waals surface area contributed by atoms with Crippen LogP contribution in [0.4, 0.5) is 5.69 Å². The number of esters is 1. The van der Waals surface area contributed by atoms with Gasteiger partial charge < -0.3 is 15.0 Å². The Morgan fingerprint density at radius 3 is 2.66 bits per heavy atom. The number of nitrogens with zero attached hydrogens (tertiary/aromatic N) is 1. The van der Waals surface area contributed by atoms with Gasteiger partial charge in [-0.05, 0) is 30.2 Å². The van der Waals surface area contributed by atoms with Gasteiger partial charge in [0.15, 0.2) is 6.61 Å². The monoisotopic (exact) mass is 413 g/mol. The number of nitro benzene ring substituents is 1. The van der Waals surface area contributed by atoms with E-state index >= 15 is 0 Å². The number of hydrogen-bond donors (Lipinski definition) is 2. The summed E-state index contributed by atoms with van der Waals surface area (Å²) in [6.07, 6.45) is 2.59. The minimum atomic E-state index is -0.528. The Labute approximate surface area is 170 Å². The van der Waals surface area contributed by atoms with E-state index in [2.05, 4.69) is 10.3 Å². The van der Waals surface area contributed by atoms with E-state index in [0.29, 0.717) is 17.9 Å². The van der Waals surface area contributed by atoms with E-state index in [9.17, 15) is 19.7 Å². The summed E-state index contributed by atoms with van der Waals surface area (Å²) >= 11 is 1.19. The SMILES string of the molecule is O=C(COC(=O)CSc1ccc([N+](=O)[O-])cc1)NCCc1c[nH]c2ccccc12. The molecule has 0 saturated heterocycles. The molecule has 0 bridgehead atoms. The highest BCUT2D eigenvalue weighted by molar-refractivity contribution is 8.00. The lowest BCUT2D eigenvalue weighted by Crippen LogP contribution is -2.30. The van der Waals surface area contributed by atoms with Crippen molar-refractivity contribution in [3.8, 4) is 0 Å². The van der Waals surface area contributed by atoms with Crippen LogP contribution in [-0.2, 0) is 20.7 Å². The Hall–Kier alpha value is -3.33. The van der Waals surface area contributed by atoms with E-state index < -0.39 is 10.9 Å². The highest BCUT2D eigenvalue weighted by atomic mass is 32.2. The lowest BCUT2D eigenvalue weighted by atomic mass is 10.1. The maximum Gasteiger partial charge on any atom is 0.316 e. The molecule has 0 aliphatic heterocycles. The Kier molecular flexibility index (Phi) is 6.85. The van der Waals surface area contributed by atoms with Gasteiger partial charge in [-0.2, -0.15) is 0 Å². The Balaban J connectivity index is 1.34. The summed E-state index contributed by atoms with van der Waals surface area (Å²) in [5.74, 6) is -0.876. The van der Waals surface area contributed by atoms with E-state index in [1.807, 2.05) is 30.5 Å². The number of thioether (sulfide) groups is 1. The van der Waals surface area contributed by atoms with Crippen molar-refractivity contribution in [1.82, 2.24) is 10.3 Å². The third-order valence-corrected chi connectivity index (χ3v) is 5.15. The van der Waals surface area contributed by atoms with Gasteiger partial charge >= 0.3 is 5.97 Å². The number of carbonyl (C=O) groups is 2. The first-order valence-corrected chi connectivity index (χ1v) is 9.86. The van der Waals surface area contributed by atoms with Crippen molar-refractivity contribution in [2.45, 2.75) is 11.3 Å². The van der Waals surface area contributed by atoms with Crippen molar-refractivity contribution < 1.29 is 19.2 Å². The van der Waals surface area contributed by atoms with Crippen LogP contribution in [0.2, 0.25) is 0 Å². The van der Waals surface area contributed by atoms with Crippen LogP contribution in [0.5, 0.6) is 0 Å². The van der Waals surface area contributed by atoms with Gasteiger partial charge in [-0.25, -0.2) is 0 Å². The molecule has 0 unspecified atom stereocenters. The quantitative estimate of drug-likeness (QED) is 0.241. The highest BCUT2D eigenvalue weighted by Gasteiger charge is 2.10. The number of benzene rings is 2. The number of para-hydroxylation sites is 1. The number of hydrogen-bond acceptors (Lipinski definition) is 6. The number of amides is 1. The Bertz CT molecular complexity index is 1020. The number of aromatic amines is 1. The van der Waals surface area contributed by atoms with Crippen molar-refractivity contribution in [3.05, 3.63) is 70.4 Å². The van der Waals surface area contributed by atoms with Crippen LogP contribution in [0.1, 0.15) is 5.56 Å². The molecule has 0 aliphatic carbocycles. The van der Waals surface area contributed by atoms with Gasteiger partial charge in [0.1, 0.15) is 0 Å². The second kappa shape index (κ2) is 9.74. The van der Waals surface area contributed by atoms with Gasteiger partial charge in [0.05, 0.1) is 10.7 Å². The fourth-order valence-corrected chi connectivity index (χ4v) is 3.42. The molecule has 1 heterocycles. The van der Waals surface area contributed by atoms with Gasteiger partial charge in [-0.3, -0.25) is 19.7 Å². The molecule has 1 amide bonds. The highest BCUT2D eigenvalue weighted by Crippen LogP contribution is 2.21. The smallest absolute Gasteiger partial charge is 0.316 e. The number of nitro groups is 1. The molecule has 2 aromatic carbocycles. The number of H-pyrrole nitrogens is 1. The fraction of sp³-hybridized carbons (Fsp3) is 0.200. The molecule has 9 heteroatoms. The summed E-state index contributed by atoms with van der Waals surface area (Å²) in [4.78, 5) is 37.6. The van der Waals surface area contributed by atoms with Gasteiger partial charge in [0.2, 0.25) is 0 Å². The summed E-state index contributed by atoms with van der Waals surface area (Å²) in [6, 6.07) is 13.8. The molecule has 0 saturated carbocycles. The fourth-order valence-electron chi connectivity index (χ4n) is 2.72. The first-order chi connectivity index (χ1) is 14.0. The van der Waals surface area contributed by atoms with Crippen LogP contribution in [0.15, 0.2) is 59.6 Å². The Morgan fingerprint density at radius 2 is 1.90 bits per heavy atom. The zero-order valence-corrected chi connectivity index (χ0v) is 16.2. The first-order valence-electron chi connectivity index (χ1n) is 8.87. The number of aromatic nitrogens is 1. The second-order valence-corrected chi connectivity index (χ2v) is 7.21. The molecule has 150 valence electrons. The van der Waals surface area contributed by atoms with E-state index in [1.165, 1.54) is 23.9 Å². The van der Waals surface area contributed by atoms with Crippen LogP contribution in [-0.4, -0.2) is 40.7 Å².